The van der Waals surface area contributed by atoms with Crippen LogP contribution in [0.1, 0.15) is 6.92 Å². The molecule has 16 heavy (non-hydrogen) atoms. The third-order valence-corrected chi connectivity index (χ3v) is 0.621. The van der Waals surface area contributed by atoms with Gasteiger partial charge in [-0.1, -0.05) is 26.3 Å². The van der Waals surface area contributed by atoms with Crippen LogP contribution in [-0.2, 0) is 19.0 Å². The average molecular weight is 230 g/mol. The van der Waals surface area contributed by atoms with E-state index in [-0.39, 0.29) is 12.8 Å². The van der Waals surface area contributed by atoms with Gasteiger partial charge in [-0.25, -0.2) is 0 Å². The summed E-state index contributed by atoms with van der Waals surface area (Å²) in [6.07, 6.45) is 4.47. The smallest absolute Gasteiger partial charge is 0.307 e. The molecule has 0 radical (unpaired) electrons. The van der Waals surface area contributed by atoms with Gasteiger partial charge in [-0.15, -0.1) is 0 Å². The van der Waals surface area contributed by atoms with Crippen LogP contribution >= 0.6 is 0 Å². The zero-order valence-corrected chi connectivity index (χ0v) is 9.43. The highest BCUT2D eigenvalue weighted by Gasteiger charge is 1.79. The van der Waals surface area contributed by atoms with Crippen molar-refractivity contribution in [1.82, 2.24) is 0 Å². The highest BCUT2D eigenvalue weighted by atomic mass is 16.7. The summed E-state index contributed by atoms with van der Waals surface area (Å²) in [5.74, 6) is -0.329. The Labute approximate surface area is 95.9 Å². The van der Waals surface area contributed by atoms with Crippen LogP contribution in [0.3, 0.4) is 0 Å². The molecule has 0 aromatic rings. The molecule has 0 atom stereocenters. The molecule has 0 heterocycles. The van der Waals surface area contributed by atoms with E-state index >= 15 is 0 Å². The van der Waals surface area contributed by atoms with Crippen molar-refractivity contribution in [2.24, 2.45) is 0 Å². The standard InChI is InChI=1S/C5H8O2.C4H6O2.C2H4O/c1-3-6-5-7-4-2;1-3-6-4(2)5;1-2-3/h3-4H,1-2,5H2;3H,1H2,2H3;2-3H,1H2. The first-order valence-corrected chi connectivity index (χ1v) is 4.08. The van der Waals surface area contributed by atoms with Crippen molar-refractivity contribution in [3.8, 4) is 0 Å². The van der Waals surface area contributed by atoms with Crippen molar-refractivity contribution >= 4 is 5.97 Å². The van der Waals surface area contributed by atoms with E-state index in [1.165, 1.54) is 19.4 Å². The van der Waals surface area contributed by atoms with E-state index in [4.69, 9.17) is 5.11 Å². The lowest BCUT2D eigenvalue weighted by molar-refractivity contribution is -0.135. The Morgan fingerprint density at radius 1 is 1.12 bits per heavy atom. The summed E-state index contributed by atoms with van der Waals surface area (Å²) in [7, 11) is 0. The van der Waals surface area contributed by atoms with Crippen LogP contribution in [-0.4, -0.2) is 17.9 Å². The number of aliphatic hydroxyl groups is 1. The second-order valence-corrected chi connectivity index (χ2v) is 1.74. The van der Waals surface area contributed by atoms with E-state index in [0.717, 1.165) is 12.5 Å². The van der Waals surface area contributed by atoms with Crippen molar-refractivity contribution in [2.45, 2.75) is 6.92 Å². The molecule has 0 aliphatic rings. The lowest BCUT2D eigenvalue weighted by Gasteiger charge is -1.95. The Kier molecular flexibility index (Phi) is 27.9. The van der Waals surface area contributed by atoms with Gasteiger partial charge in [-0.05, 0) is 0 Å². The molecule has 1 N–H and O–H groups in total. The molecule has 5 nitrogen and oxygen atoms in total. The molecule has 0 saturated carbocycles. The minimum Gasteiger partial charge on any atom is -0.516 e. The van der Waals surface area contributed by atoms with Crippen LogP contribution in [0.15, 0.2) is 51.4 Å². The first-order valence-electron chi connectivity index (χ1n) is 4.08. The van der Waals surface area contributed by atoms with Crippen LogP contribution < -0.4 is 0 Å². The first-order chi connectivity index (χ1) is 7.60. The van der Waals surface area contributed by atoms with Crippen LogP contribution in [0, 0.1) is 0 Å². The second kappa shape index (κ2) is 23.0. The fraction of sp³-hybridized carbons (Fsp3) is 0.182. The first kappa shape index (κ1) is 19.4. The maximum atomic E-state index is 9.75. The molecule has 0 amide bonds. The Bertz CT molecular complexity index is 191. The Balaban J connectivity index is -0.000000172. The van der Waals surface area contributed by atoms with Crippen molar-refractivity contribution in [2.75, 3.05) is 6.79 Å². The second-order valence-electron chi connectivity index (χ2n) is 1.74. The van der Waals surface area contributed by atoms with Gasteiger partial charge in [0.25, 0.3) is 0 Å². The van der Waals surface area contributed by atoms with Gasteiger partial charge in [-0.2, -0.15) is 0 Å². The molecule has 0 unspecified atom stereocenters. The minimum absolute atomic E-state index is 0.201. The Morgan fingerprint density at radius 3 is 1.62 bits per heavy atom. The summed E-state index contributed by atoms with van der Waals surface area (Å²) in [6.45, 7) is 14.2. The molecule has 0 spiro atoms. The number of aliphatic hydroxyl groups excluding tert-OH is 1. The van der Waals surface area contributed by atoms with Gasteiger partial charge in [0, 0.05) is 6.92 Å². The number of hydrogen-bond acceptors (Lipinski definition) is 5. The van der Waals surface area contributed by atoms with Crippen molar-refractivity contribution in [3.63, 3.8) is 0 Å². The van der Waals surface area contributed by atoms with Crippen LogP contribution in [0.2, 0.25) is 0 Å². The van der Waals surface area contributed by atoms with Crippen molar-refractivity contribution in [3.05, 3.63) is 51.4 Å². The summed E-state index contributed by atoms with van der Waals surface area (Å²) >= 11 is 0. The number of carbonyl (C=O) groups excluding carboxylic acids is 1. The molecule has 0 saturated heterocycles. The summed E-state index contributed by atoms with van der Waals surface area (Å²) < 4.78 is 13.3. The van der Waals surface area contributed by atoms with Crippen molar-refractivity contribution in [1.29, 1.82) is 0 Å². The molecule has 92 valence electrons. The zero-order valence-electron chi connectivity index (χ0n) is 9.43. The molecule has 0 fully saturated rings. The fourth-order valence-corrected chi connectivity index (χ4v) is 0.253. The van der Waals surface area contributed by atoms with E-state index in [0.29, 0.717) is 0 Å². The molecule has 0 rings (SSSR count). The molecule has 0 aromatic carbocycles. The van der Waals surface area contributed by atoms with Gasteiger partial charge in [0.05, 0.1) is 25.0 Å². The lowest BCUT2D eigenvalue weighted by atomic mass is 10.8. The largest absolute Gasteiger partial charge is 0.516 e. The van der Waals surface area contributed by atoms with Gasteiger partial charge >= 0.3 is 5.97 Å². The predicted octanol–water partition coefficient (Wildman–Crippen LogP) is 2.65. The van der Waals surface area contributed by atoms with E-state index in [1.807, 2.05) is 0 Å². The van der Waals surface area contributed by atoms with Gasteiger partial charge in [0.15, 0.2) is 0 Å². The van der Waals surface area contributed by atoms with Crippen LogP contribution in [0.4, 0.5) is 0 Å². The van der Waals surface area contributed by atoms with E-state index in [2.05, 4.69) is 40.5 Å². The van der Waals surface area contributed by atoms with E-state index in [9.17, 15) is 4.79 Å². The molecular weight excluding hydrogens is 212 g/mol. The molecule has 0 aliphatic heterocycles. The highest BCUT2D eigenvalue weighted by molar-refractivity contribution is 5.66. The SMILES string of the molecule is C=CO.C=COC(C)=O.C=COCOC=C. The quantitative estimate of drug-likeness (QED) is 0.340. The molecule has 0 bridgehead atoms. The Hall–Kier alpha value is -2.17. The minimum atomic E-state index is -0.329. The van der Waals surface area contributed by atoms with Gasteiger partial charge in [0.2, 0.25) is 6.79 Å². The van der Waals surface area contributed by atoms with Gasteiger partial charge < -0.3 is 19.3 Å². The summed E-state index contributed by atoms with van der Waals surface area (Å²) in [6, 6.07) is 0. The van der Waals surface area contributed by atoms with Crippen LogP contribution in [0.25, 0.3) is 0 Å². The third-order valence-electron chi connectivity index (χ3n) is 0.621. The monoisotopic (exact) mass is 230 g/mol. The number of rotatable bonds is 5. The summed E-state index contributed by atoms with van der Waals surface area (Å²) in [4.78, 5) is 9.75. The molecule has 0 aromatic heterocycles. The van der Waals surface area contributed by atoms with Crippen LogP contribution in [0.5, 0.6) is 0 Å². The van der Waals surface area contributed by atoms with Crippen molar-refractivity contribution < 1.29 is 24.1 Å². The number of ether oxygens (including phenoxy) is 3. The summed E-state index contributed by atoms with van der Waals surface area (Å²) in [5, 5.41) is 7.33. The highest BCUT2D eigenvalue weighted by Crippen LogP contribution is 1.75. The van der Waals surface area contributed by atoms with Gasteiger partial charge in [0.1, 0.15) is 0 Å². The van der Waals surface area contributed by atoms with Gasteiger partial charge in [-0.3, -0.25) is 4.79 Å². The van der Waals surface area contributed by atoms with E-state index < -0.39 is 0 Å². The average Bonchev–Trinajstić information content (AvgIpc) is 2.20. The number of hydrogen-bond donors (Lipinski definition) is 1. The summed E-state index contributed by atoms with van der Waals surface area (Å²) in [5.41, 5.74) is 0. The molecule has 0 aliphatic carbocycles. The normalized spacial score (nSPS) is 6.31. The third kappa shape index (κ3) is 59.5. The fourth-order valence-electron chi connectivity index (χ4n) is 0.253. The molecular formula is C11H18O5. The number of carbonyl (C=O) groups is 1. The predicted molar refractivity (Wildman–Crippen MR) is 62.2 cm³/mol. The maximum Gasteiger partial charge on any atom is 0.307 e. The van der Waals surface area contributed by atoms with E-state index in [1.54, 1.807) is 0 Å². The Morgan fingerprint density at radius 2 is 1.50 bits per heavy atom. The zero-order chi connectivity index (χ0) is 13.2. The molecule has 5 heteroatoms. The maximum absolute atomic E-state index is 9.75. The topological polar surface area (TPSA) is 65.0 Å². The lowest BCUT2D eigenvalue weighted by Crippen LogP contribution is -1.87. The number of esters is 1.